The van der Waals surface area contributed by atoms with E-state index in [1.165, 1.54) is 34.1 Å². The Morgan fingerprint density at radius 1 is 1.23 bits per heavy atom. The maximum Gasteiger partial charge on any atom is 0.237 e. The van der Waals surface area contributed by atoms with Crippen LogP contribution in [0.5, 0.6) is 0 Å². The largest absolute Gasteiger partial charge is 0.308 e. The fourth-order valence-corrected chi connectivity index (χ4v) is 3.90. The van der Waals surface area contributed by atoms with Gasteiger partial charge in [0, 0.05) is 11.7 Å². The first kappa shape index (κ1) is 16.7. The number of aromatic nitrogens is 4. The highest BCUT2D eigenvalue weighted by atomic mass is 32.2. The van der Waals surface area contributed by atoms with E-state index in [9.17, 15) is 9.18 Å². The number of carbonyl (C=O) groups excluding carboxylic acids is 1. The van der Waals surface area contributed by atoms with Crippen molar-refractivity contribution in [1.29, 1.82) is 0 Å². The van der Waals surface area contributed by atoms with Gasteiger partial charge < -0.3 is 4.90 Å². The van der Waals surface area contributed by atoms with Gasteiger partial charge in [-0.25, -0.2) is 4.39 Å². The van der Waals surface area contributed by atoms with Gasteiger partial charge in [-0.15, -0.1) is 5.10 Å². The summed E-state index contributed by atoms with van der Waals surface area (Å²) in [5, 5.41) is 12.1. The van der Waals surface area contributed by atoms with E-state index in [0.717, 1.165) is 12.1 Å². The van der Waals surface area contributed by atoms with Crippen molar-refractivity contribution in [3.05, 3.63) is 59.9 Å². The molecule has 1 unspecified atom stereocenters. The third kappa shape index (κ3) is 3.08. The van der Waals surface area contributed by atoms with E-state index in [1.807, 2.05) is 30.0 Å². The van der Waals surface area contributed by atoms with Gasteiger partial charge >= 0.3 is 0 Å². The van der Waals surface area contributed by atoms with Gasteiger partial charge in [-0.1, -0.05) is 30.0 Å². The number of hydrogen-bond donors (Lipinski definition) is 0. The zero-order valence-corrected chi connectivity index (χ0v) is 14.9. The predicted octanol–water partition coefficient (Wildman–Crippen LogP) is 2.87. The first-order valence-corrected chi connectivity index (χ1v) is 9.19. The lowest BCUT2D eigenvalue weighted by Crippen LogP contribution is -2.37. The molecule has 4 rings (SSSR count). The van der Waals surface area contributed by atoms with Gasteiger partial charge in [0.2, 0.25) is 11.1 Å². The van der Waals surface area contributed by atoms with Crippen molar-refractivity contribution < 1.29 is 9.18 Å². The summed E-state index contributed by atoms with van der Waals surface area (Å²) in [6.45, 7) is 2.05. The van der Waals surface area contributed by atoms with E-state index >= 15 is 0 Å². The second-order valence-corrected chi connectivity index (χ2v) is 7.03. The molecule has 1 aromatic heterocycles. The monoisotopic (exact) mass is 369 g/mol. The third-order valence-electron chi connectivity index (χ3n) is 4.31. The van der Waals surface area contributed by atoms with Gasteiger partial charge in [0.1, 0.15) is 5.82 Å². The Kier molecular flexibility index (Phi) is 4.42. The van der Waals surface area contributed by atoms with Crippen LogP contribution in [-0.2, 0) is 11.2 Å². The maximum absolute atomic E-state index is 13.1. The molecule has 0 aliphatic carbocycles. The van der Waals surface area contributed by atoms with Gasteiger partial charge in [-0.2, -0.15) is 4.68 Å². The summed E-state index contributed by atoms with van der Waals surface area (Å²) in [6.07, 6.45) is 0.861. The number of benzene rings is 2. The Balaban J connectivity index is 1.49. The van der Waals surface area contributed by atoms with E-state index in [4.69, 9.17) is 0 Å². The molecule has 0 radical (unpaired) electrons. The van der Waals surface area contributed by atoms with Crippen molar-refractivity contribution in [1.82, 2.24) is 20.2 Å². The Morgan fingerprint density at radius 2 is 2.00 bits per heavy atom. The Labute approximate surface area is 154 Å². The molecule has 3 aromatic rings. The Hall–Kier alpha value is -2.74. The molecule has 2 aromatic carbocycles. The lowest BCUT2D eigenvalue weighted by atomic mass is 10.1. The summed E-state index contributed by atoms with van der Waals surface area (Å²) >= 11 is 1.27. The lowest BCUT2D eigenvalue weighted by Gasteiger charge is -2.22. The van der Waals surface area contributed by atoms with Crippen LogP contribution >= 0.6 is 11.8 Å². The van der Waals surface area contributed by atoms with Gasteiger partial charge in [0.25, 0.3) is 0 Å². The molecule has 6 nitrogen and oxygen atoms in total. The zero-order chi connectivity index (χ0) is 18.1. The molecule has 1 aliphatic rings. The van der Waals surface area contributed by atoms with Gasteiger partial charge in [-0.3, -0.25) is 4.79 Å². The van der Waals surface area contributed by atoms with Crippen LogP contribution in [0.25, 0.3) is 5.69 Å². The van der Waals surface area contributed by atoms with Crippen LogP contribution in [0.3, 0.4) is 0 Å². The molecule has 8 heteroatoms. The lowest BCUT2D eigenvalue weighted by molar-refractivity contribution is -0.116. The first-order chi connectivity index (χ1) is 12.6. The molecule has 2 heterocycles. The predicted molar refractivity (Wildman–Crippen MR) is 96.9 cm³/mol. The Bertz CT molecular complexity index is 943. The molecule has 0 bridgehead atoms. The standard InChI is InChI=1S/C18H16FN5OS/c1-12-10-13-4-2-3-5-16(13)23(12)17(25)11-26-18-20-21-22-24(18)15-8-6-14(19)7-9-15/h2-9,12H,10-11H2,1H3. The number of halogens is 1. The third-order valence-corrected chi connectivity index (χ3v) is 5.22. The number of anilines is 1. The molecule has 0 saturated carbocycles. The number of fused-ring (bicyclic) bond motifs is 1. The van der Waals surface area contributed by atoms with Crippen LogP contribution < -0.4 is 4.90 Å². The van der Waals surface area contributed by atoms with Crippen LogP contribution in [-0.4, -0.2) is 37.9 Å². The quantitative estimate of drug-likeness (QED) is 0.662. The molecular weight excluding hydrogens is 353 g/mol. The molecule has 1 amide bonds. The smallest absolute Gasteiger partial charge is 0.237 e. The summed E-state index contributed by atoms with van der Waals surface area (Å²) in [5.74, 6) is -0.0887. The second-order valence-electron chi connectivity index (χ2n) is 6.08. The summed E-state index contributed by atoms with van der Waals surface area (Å²) in [6, 6.07) is 14.0. The van der Waals surface area contributed by atoms with E-state index in [1.54, 1.807) is 12.1 Å². The first-order valence-electron chi connectivity index (χ1n) is 8.20. The molecule has 1 aliphatic heterocycles. The fourth-order valence-electron chi connectivity index (χ4n) is 3.15. The second kappa shape index (κ2) is 6.87. The van der Waals surface area contributed by atoms with Gasteiger partial charge in [0.15, 0.2) is 0 Å². The minimum atomic E-state index is -0.326. The van der Waals surface area contributed by atoms with E-state index in [-0.39, 0.29) is 23.5 Å². The fraction of sp³-hybridized carbons (Fsp3) is 0.222. The number of hydrogen-bond acceptors (Lipinski definition) is 5. The Morgan fingerprint density at radius 3 is 2.81 bits per heavy atom. The van der Waals surface area contributed by atoms with Crippen molar-refractivity contribution >= 4 is 23.4 Å². The summed E-state index contributed by atoms with van der Waals surface area (Å²) < 4.78 is 14.6. The number of rotatable bonds is 4. The number of tetrazole rings is 1. The van der Waals surface area contributed by atoms with Gasteiger partial charge in [-0.05, 0) is 59.7 Å². The van der Waals surface area contributed by atoms with Crippen LogP contribution in [0.1, 0.15) is 12.5 Å². The highest BCUT2D eigenvalue weighted by Crippen LogP contribution is 2.32. The zero-order valence-electron chi connectivity index (χ0n) is 14.0. The van der Waals surface area contributed by atoms with E-state index in [2.05, 4.69) is 21.6 Å². The maximum atomic E-state index is 13.1. The molecular formula is C18H16FN5OS. The minimum Gasteiger partial charge on any atom is -0.308 e. The van der Waals surface area contributed by atoms with Gasteiger partial charge in [0.05, 0.1) is 11.4 Å². The summed E-state index contributed by atoms with van der Waals surface area (Å²) in [4.78, 5) is 14.6. The molecule has 0 fully saturated rings. The van der Waals surface area contributed by atoms with Crippen molar-refractivity contribution in [2.45, 2.75) is 24.5 Å². The van der Waals surface area contributed by atoms with Crippen LogP contribution in [0, 0.1) is 5.82 Å². The molecule has 1 atom stereocenters. The van der Waals surface area contributed by atoms with E-state index < -0.39 is 0 Å². The molecule has 0 saturated heterocycles. The highest BCUT2D eigenvalue weighted by Gasteiger charge is 2.30. The normalized spacial score (nSPS) is 15.9. The topological polar surface area (TPSA) is 63.9 Å². The number of thioether (sulfide) groups is 1. The summed E-state index contributed by atoms with van der Waals surface area (Å²) in [5.41, 5.74) is 2.81. The van der Waals surface area contributed by atoms with Crippen LogP contribution in [0.2, 0.25) is 0 Å². The number of nitrogens with zero attached hydrogens (tertiary/aromatic N) is 5. The van der Waals surface area contributed by atoms with Crippen molar-refractivity contribution in [2.24, 2.45) is 0 Å². The molecule has 0 N–H and O–H groups in total. The van der Waals surface area contributed by atoms with Crippen molar-refractivity contribution in [3.8, 4) is 5.69 Å². The van der Waals surface area contributed by atoms with Crippen molar-refractivity contribution in [3.63, 3.8) is 0 Å². The van der Waals surface area contributed by atoms with Crippen LogP contribution in [0.15, 0.2) is 53.7 Å². The highest BCUT2D eigenvalue weighted by molar-refractivity contribution is 7.99. The van der Waals surface area contributed by atoms with E-state index in [0.29, 0.717) is 10.8 Å². The van der Waals surface area contributed by atoms with Crippen LogP contribution in [0.4, 0.5) is 10.1 Å². The SMILES string of the molecule is CC1Cc2ccccc2N1C(=O)CSc1nnnn1-c1ccc(F)cc1. The molecule has 0 spiro atoms. The van der Waals surface area contributed by atoms with Crippen molar-refractivity contribution in [2.75, 3.05) is 10.7 Å². The average molecular weight is 369 g/mol. The summed E-state index contributed by atoms with van der Waals surface area (Å²) in [7, 11) is 0. The number of para-hydroxylation sites is 1. The average Bonchev–Trinajstić information content (AvgIpc) is 3.23. The molecule has 132 valence electrons. The molecule has 26 heavy (non-hydrogen) atoms. The minimum absolute atomic E-state index is 0.0149. The number of amides is 1. The number of carbonyl (C=O) groups is 1.